The zero-order chi connectivity index (χ0) is 14.6. The van der Waals surface area contributed by atoms with Crippen molar-refractivity contribution in [1.29, 1.82) is 5.26 Å². The van der Waals surface area contributed by atoms with Gasteiger partial charge in [0.1, 0.15) is 6.04 Å². The van der Waals surface area contributed by atoms with Crippen LogP contribution in [0.1, 0.15) is 63.9 Å². The van der Waals surface area contributed by atoms with Crippen LogP contribution in [0.5, 0.6) is 0 Å². The maximum absolute atomic E-state index is 9.20. The van der Waals surface area contributed by atoms with Gasteiger partial charge in [0.15, 0.2) is 0 Å². The average molecular weight is 272 g/mol. The Balaban J connectivity index is 2.17. The van der Waals surface area contributed by atoms with Gasteiger partial charge in [-0.05, 0) is 25.5 Å². The smallest absolute Gasteiger partial charge is 0.114 e. The van der Waals surface area contributed by atoms with E-state index < -0.39 is 0 Å². The molecule has 110 valence electrons. The van der Waals surface area contributed by atoms with E-state index in [1.807, 2.05) is 12.1 Å². The number of hydrogen-bond acceptors (Lipinski definition) is 2. The highest BCUT2D eigenvalue weighted by atomic mass is 14.9. The Morgan fingerprint density at radius 1 is 1.00 bits per heavy atom. The third-order valence-electron chi connectivity index (χ3n) is 3.64. The molecule has 0 aliphatic heterocycles. The van der Waals surface area contributed by atoms with Crippen molar-refractivity contribution >= 4 is 5.69 Å². The number of hydrogen-bond donors (Lipinski definition) is 1. The van der Waals surface area contributed by atoms with Crippen LogP contribution in [0.2, 0.25) is 0 Å². The molecule has 2 nitrogen and oxygen atoms in total. The molecule has 0 saturated heterocycles. The molecule has 0 fully saturated rings. The van der Waals surface area contributed by atoms with Gasteiger partial charge in [0.25, 0.3) is 0 Å². The summed E-state index contributed by atoms with van der Waals surface area (Å²) in [6, 6.07) is 10.5. The van der Waals surface area contributed by atoms with E-state index in [2.05, 4.69) is 37.4 Å². The Morgan fingerprint density at radius 3 is 2.20 bits per heavy atom. The van der Waals surface area contributed by atoms with Crippen LogP contribution in [-0.4, -0.2) is 6.04 Å². The lowest BCUT2D eigenvalue weighted by atomic mass is 10.1. The van der Waals surface area contributed by atoms with Gasteiger partial charge in [0.2, 0.25) is 0 Å². The van der Waals surface area contributed by atoms with Crippen LogP contribution in [0.15, 0.2) is 24.3 Å². The number of anilines is 1. The fraction of sp³-hybridized carbons (Fsp3) is 0.611. The molecule has 0 bridgehead atoms. The molecule has 0 spiro atoms. The number of rotatable bonds is 10. The largest absolute Gasteiger partial charge is 0.370 e. The minimum absolute atomic E-state index is 0.0617. The zero-order valence-corrected chi connectivity index (χ0v) is 13.0. The number of nitriles is 1. The van der Waals surface area contributed by atoms with Crippen molar-refractivity contribution in [2.24, 2.45) is 0 Å². The highest BCUT2D eigenvalue weighted by Gasteiger charge is 2.06. The van der Waals surface area contributed by atoms with Crippen LogP contribution >= 0.6 is 0 Å². The van der Waals surface area contributed by atoms with Crippen molar-refractivity contribution < 1.29 is 0 Å². The maximum atomic E-state index is 9.20. The van der Waals surface area contributed by atoms with E-state index in [0.29, 0.717) is 0 Å². The Hall–Kier alpha value is -1.49. The average Bonchev–Trinajstić information content (AvgIpc) is 2.47. The summed E-state index contributed by atoms with van der Waals surface area (Å²) in [7, 11) is 0. The van der Waals surface area contributed by atoms with E-state index in [-0.39, 0.29) is 6.04 Å². The highest BCUT2D eigenvalue weighted by molar-refractivity contribution is 5.46. The van der Waals surface area contributed by atoms with Gasteiger partial charge in [0.05, 0.1) is 6.07 Å². The number of nitrogens with zero attached hydrogens (tertiary/aromatic N) is 1. The topological polar surface area (TPSA) is 35.8 Å². The number of nitrogens with one attached hydrogen (secondary N) is 1. The minimum Gasteiger partial charge on any atom is -0.370 e. The summed E-state index contributed by atoms with van der Waals surface area (Å²) < 4.78 is 0. The summed E-state index contributed by atoms with van der Waals surface area (Å²) >= 11 is 0. The molecule has 1 unspecified atom stereocenters. The summed E-state index contributed by atoms with van der Waals surface area (Å²) in [5.41, 5.74) is 2.29. The van der Waals surface area contributed by atoms with E-state index in [0.717, 1.165) is 18.5 Å². The van der Waals surface area contributed by atoms with Gasteiger partial charge in [-0.15, -0.1) is 0 Å². The molecule has 0 aliphatic carbocycles. The Labute approximate surface area is 124 Å². The monoisotopic (exact) mass is 272 g/mol. The predicted octanol–water partition coefficient (Wildman–Crippen LogP) is 5.44. The second kappa shape index (κ2) is 10.3. The molecule has 1 atom stereocenters. The molecule has 1 aromatic rings. The first-order chi connectivity index (χ1) is 9.76. The van der Waals surface area contributed by atoms with E-state index in [1.54, 1.807) is 0 Å². The molecule has 0 saturated carbocycles. The number of benzene rings is 1. The van der Waals surface area contributed by atoms with Gasteiger partial charge in [-0.3, -0.25) is 0 Å². The molecule has 0 amide bonds. The summed E-state index contributed by atoms with van der Waals surface area (Å²) in [6.07, 6.45) is 10.0. The summed E-state index contributed by atoms with van der Waals surface area (Å²) in [4.78, 5) is 0. The lowest BCUT2D eigenvalue weighted by Crippen LogP contribution is -2.16. The summed E-state index contributed by atoms with van der Waals surface area (Å²) in [6.45, 7) is 4.32. The van der Waals surface area contributed by atoms with E-state index in [1.165, 1.54) is 44.1 Å². The van der Waals surface area contributed by atoms with Crippen molar-refractivity contribution in [2.75, 3.05) is 5.32 Å². The molecular formula is C18H28N2. The van der Waals surface area contributed by atoms with Crippen molar-refractivity contribution in [2.45, 2.75) is 71.3 Å². The molecule has 0 heterocycles. The van der Waals surface area contributed by atoms with Crippen LogP contribution in [0.25, 0.3) is 0 Å². The van der Waals surface area contributed by atoms with Gasteiger partial charge in [-0.1, -0.05) is 69.6 Å². The third-order valence-corrected chi connectivity index (χ3v) is 3.64. The van der Waals surface area contributed by atoms with Crippen LogP contribution in [0.4, 0.5) is 5.69 Å². The lowest BCUT2D eigenvalue weighted by Gasteiger charge is -2.13. The number of unbranched alkanes of at least 4 members (excludes halogenated alkanes) is 6. The predicted molar refractivity (Wildman–Crippen MR) is 86.8 cm³/mol. The molecule has 1 N–H and O–H groups in total. The first-order valence-corrected chi connectivity index (χ1v) is 7.99. The fourth-order valence-corrected chi connectivity index (χ4v) is 2.33. The molecule has 2 heteroatoms. The SMILES string of the molecule is CCCCCCCCCC(C#N)Nc1ccc(C)cc1. The molecule has 0 aromatic heterocycles. The Bertz CT molecular complexity index is 389. The second-order valence-corrected chi connectivity index (χ2v) is 5.60. The zero-order valence-electron chi connectivity index (χ0n) is 13.0. The molecule has 1 rings (SSSR count). The second-order valence-electron chi connectivity index (χ2n) is 5.60. The fourth-order valence-electron chi connectivity index (χ4n) is 2.33. The van der Waals surface area contributed by atoms with Crippen LogP contribution < -0.4 is 5.32 Å². The van der Waals surface area contributed by atoms with Crippen LogP contribution in [0.3, 0.4) is 0 Å². The van der Waals surface area contributed by atoms with E-state index in [4.69, 9.17) is 0 Å². The van der Waals surface area contributed by atoms with Gasteiger partial charge in [-0.25, -0.2) is 0 Å². The van der Waals surface area contributed by atoms with Crippen molar-refractivity contribution in [3.05, 3.63) is 29.8 Å². The van der Waals surface area contributed by atoms with Crippen molar-refractivity contribution in [1.82, 2.24) is 0 Å². The molecule has 0 aliphatic rings. The van der Waals surface area contributed by atoms with Gasteiger partial charge in [-0.2, -0.15) is 5.26 Å². The normalized spacial score (nSPS) is 11.8. The van der Waals surface area contributed by atoms with Crippen LogP contribution in [0, 0.1) is 18.3 Å². The first-order valence-electron chi connectivity index (χ1n) is 7.99. The first kappa shape index (κ1) is 16.6. The van der Waals surface area contributed by atoms with E-state index in [9.17, 15) is 5.26 Å². The maximum Gasteiger partial charge on any atom is 0.114 e. The van der Waals surface area contributed by atoms with Gasteiger partial charge < -0.3 is 5.32 Å². The quantitative estimate of drug-likeness (QED) is 0.576. The standard InChI is InChI=1S/C18H28N2/c1-3-4-5-6-7-8-9-10-18(15-19)20-17-13-11-16(2)12-14-17/h11-14,18,20H,3-10H2,1-2H3. The minimum atomic E-state index is -0.0617. The van der Waals surface area contributed by atoms with Crippen molar-refractivity contribution in [3.8, 4) is 6.07 Å². The van der Waals surface area contributed by atoms with Crippen molar-refractivity contribution in [3.63, 3.8) is 0 Å². The van der Waals surface area contributed by atoms with Gasteiger partial charge in [0, 0.05) is 5.69 Å². The van der Waals surface area contributed by atoms with Gasteiger partial charge >= 0.3 is 0 Å². The highest BCUT2D eigenvalue weighted by Crippen LogP contribution is 2.14. The Morgan fingerprint density at radius 2 is 1.60 bits per heavy atom. The molecular weight excluding hydrogens is 244 g/mol. The summed E-state index contributed by atoms with van der Waals surface area (Å²) in [5.74, 6) is 0. The third kappa shape index (κ3) is 7.19. The van der Waals surface area contributed by atoms with E-state index >= 15 is 0 Å². The lowest BCUT2D eigenvalue weighted by molar-refractivity contribution is 0.569. The molecule has 0 radical (unpaired) electrons. The van der Waals surface area contributed by atoms with Crippen LogP contribution in [-0.2, 0) is 0 Å². The Kier molecular flexibility index (Phi) is 8.54. The number of aryl methyl sites for hydroxylation is 1. The summed E-state index contributed by atoms with van der Waals surface area (Å²) in [5, 5.41) is 12.5. The molecule has 1 aromatic carbocycles. The molecule has 20 heavy (non-hydrogen) atoms.